The van der Waals surface area contributed by atoms with Crippen molar-refractivity contribution in [1.82, 2.24) is 4.90 Å². The van der Waals surface area contributed by atoms with Gasteiger partial charge < -0.3 is 15.7 Å². The minimum absolute atomic E-state index is 0.239. The predicted molar refractivity (Wildman–Crippen MR) is 64.9 cm³/mol. The third kappa shape index (κ3) is 3.35. The minimum Gasteiger partial charge on any atom is -0.513 e. The first-order valence-corrected chi connectivity index (χ1v) is 5.25. The molecule has 4 nitrogen and oxygen atoms in total. The standard InChI is InChI=1S/C12H17N3O/c1-2-10-5-7-15(8-6-10)12(14)4-3-11(13)9-16/h1,3-4,9-10,14,16H,5-8,13H2/b4-3-,11-9-,14-12?. The minimum atomic E-state index is 0.239. The summed E-state index contributed by atoms with van der Waals surface area (Å²) in [5.74, 6) is 3.49. The van der Waals surface area contributed by atoms with Crippen LogP contribution in [0.5, 0.6) is 0 Å². The molecule has 16 heavy (non-hydrogen) atoms. The Kier molecular flexibility index (Phi) is 4.46. The van der Waals surface area contributed by atoms with Crippen molar-refractivity contribution in [1.29, 1.82) is 5.41 Å². The van der Waals surface area contributed by atoms with Gasteiger partial charge in [-0.1, -0.05) is 0 Å². The Bertz CT molecular complexity index is 344. The molecule has 1 aliphatic heterocycles. The summed E-state index contributed by atoms with van der Waals surface area (Å²) in [6.45, 7) is 1.61. The van der Waals surface area contributed by atoms with Crippen LogP contribution in [0.2, 0.25) is 0 Å². The van der Waals surface area contributed by atoms with Crippen LogP contribution < -0.4 is 5.73 Å². The van der Waals surface area contributed by atoms with E-state index in [9.17, 15) is 0 Å². The number of amidine groups is 1. The first kappa shape index (κ1) is 12.2. The van der Waals surface area contributed by atoms with Gasteiger partial charge in [-0.25, -0.2) is 0 Å². The molecule has 0 spiro atoms. The molecular formula is C12H17N3O. The van der Waals surface area contributed by atoms with Crippen LogP contribution in [0.3, 0.4) is 0 Å². The highest BCUT2D eigenvalue weighted by molar-refractivity contribution is 5.90. The largest absolute Gasteiger partial charge is 0.513 e. The molecule has 1 fully saturated rings. The number of nitrogens with zero attached hydrogens (tertiary/aromatic N) is 1. The maximum atomic E-state index is 8.58. The van der Waals surface area contributed by atoms with E-state index in [0.717, 1.165) is 32.2 Å². The number of rotatable bonds is 2. The number of nitrogens with two attached hydrogens (primary N) is 1. The molecular weight excluding hydrogens is 202 g/mol. The molecule has 0 aliphatic carbocycles. The maximum Gasteiger partial charge on any atom is 0.120 e. The topological polar surface area (TPSA) is 73.3 Å². The Morgan fingerprint density at radius 3 is 2.56 bits per heavy atom. The lowest BCUT2D eigenvalue weighted by molar-refractivity contribution is 0.304. The molecule has 0 aromatic heterocycles. The second kappa shape index (κ2) is 5.86. The van der Waals surface area contributed by atoms with Crippen LogP contribution in [0.25, 0.3) is 0 Å². The number of piperidine rings is 1. The summed E-state index contributed by atoms with van der Waals surface area (Å²) in [6, 6.07) is 0. The zero-order valence-electron chi connectivity index (χ0n) is 9.19. The molecule has 1 rings (SSSR count). The summed E-state index contributed by atoms with van der Waals surface area (Å²) in [7, 11) is 0. The van der Waals surface area contributed by atoms with Crippen LogP contribution in [0.4, 0.5) is 0 Å². The van der Waals surface area contributed by atoms with E-state index < -0.39 is 0 Å². The number of terminal acetylenes is 1. The molecule has 1 saturated heterocycles. The number of likely N-dealkylation sites (tertiary alicyclic amines) is 1. The zero-order chi connectivity index (χ0) is 12.0. The molecule has 0 bridgehead atoms. The molecule has 0 atom stereocenters. The Morgan fingerprint density at radius 1 is 1.44 bits per heavy atom. The van der Waals surface area contributed by atoms with Crippen molar-refractivity contribution in [2.24, 2.45) is 11.7 Å². The second-order valence-electron chi connectivity index (χ2n) is 3.78. The molecule has 4 N–H and O–H groups in total. The van der Waals surface area contributed by atoms with Gasteiger partial charge in [-0.15, -0.1) is 12.3 Å². The first-order valence-electron chi connectivity index (χ1n) is 5.25. The highest BCUT2D eigenvalue weighted by atomic mass is 16.2. The van der Waals surface area contributed by atoms with Crippen molar-refractivity contribution >= 4 is 5.84 Å². The van der Waals surface area contributed by atoms with E-state index in [1.165, 1.54) is 6.08 Å². The second-order valence-corrected chi connectivity index (χ2v) is 3.78. The zero-order valence-corrected chi connectivity index (χ0v) is 9.19. The highest BCUT2D eigenvalue weighted by Gasteiger charge is 2.17. The number of aliphatic hydroxyl groups excluding tert-OH is 1. The van der Waals surface area contributed by atoms with Gasteiger partial charge in [0, 0.05) is 19.0 Å². The van der Waals surface area contributed by atoms with E-state index in [0.29, 0.717) is 11.8 Å². The van der Waals surface area contributed by atoms with Gasteiger partial charge in [0.1, 0.15) is 12.1 Å². The van der Waals surface area contributed by atoms with Gasteiger partial charge >= 0.3 is 0 Å². The first-order chi connectivity index (χ1) is 7.67. The molecule has 1 heterocycles. The van der Waals surface area contributed by atoms with Crippen molar-refractivity contribution in [2.45, 2.75) is 12.8 Å². The van der Waals surface area contributed by atoms with Crippen molar-refractivity contribution in [3.05, 3.63) is 24.1 Å². The van der Waals surface area contributed by atoms with Crippen LogP contribution in [0.15, 0.2) is 24.1 Å². The highest BCUT2D eigenvalue weighted by Crippen LogP contribution is 2.16. The van der Waals surface area contributed by atoms with Crippen LogP contribution >= 0.6 is 0 Å². The molecule has 0 aromatic carbocycles. The van der Waals surface area contributed by atoms with Gasteiger partial charge in [0.05, 0.1) is 5.70 Å². The fourth-order valence-electron chi connectivity index (χ4n) is 1.61. The summed E-state index contributed by atoms with van der Waals surface area (Å²) < 4.78 is 0. The number of allylic oxidation sites excluding steroid dienone is 1. The lowest BCUT2D eigenvalue weighted by atomic mass is 9.98. The maximum absolute atomic E-state index is 8.58. The smallest absolute Gasteiger partial charge is 0.120 e. The van der Waals surface area contributed by atoms with Gasteiger partial charge in [0.25, 0.3) is 0 Å². The van der Waals surface area contributed by atoms with Crippen LogP contribution in [-0.4, -0.2) is 28.9 Å². The summed E-state index contributed by atoms with van der Waals surface area (Å²) in [6.07, 6.45) is 11.1. The molecule has 0 saturated carbocycles. The quantitative estimate of drug-likeness (QED) is 0.215. The lowest BCUT2D eigenvalue weighted by Crippen LogP contribution is -2.36. The monoisotopic (exact) mass is 219 g/mol. The van der Waals surface area contributed by atoms with Crippen molar-refractivity contribution in [2.75, 3.05) is 13.1 Å². The molecule has 0 radical (unpaired) electrons. The average Bonchev–Trinajstić information content (AvgIpc) is 2.35. The normalized spacial score (nSPS) is 18.7. The molecule has 0 aromatic rings. The van der Waals surface area contributed by atoms with Crippen molar-refractivity contribution < 1.29 is 5.11 Å². The number of hydrogen-bond acceptors (Lipinski definition) is 3. The van der Waals surface area contributed by atoms with Gasteiger partial charge in [0.15, 0.2) is 0 Å². The summed E-state index contributed by atoms with van der Waals surface area (Å²) >= 11 is 0. The van der Waals surface area contributed by atoms with Crippen molar-refractivity contribution in [3.8, 4) is 12.3 Å². The number of hydrogen-bond donors (Lipinski definition) is 3. The number of nitrogens with one attached hydrogen (secondary N) is 1. The van der Waals surface area contributed by atoms with Gasteiger partial charge in [-0.2, -0.15) is 0 Å². The molecule has 0 amide bonds. The van der Waals surface area contributed by atoms with E-state index in [-0.39, 0.29) is 5.70 Å². The van der Waals surface area contributed by atoms with Gasteiger partial charge in [0.2, 0.25) is 0 Å². The summed E-state index contributed by atoms with van der Waals surface area (Å²) in [5.41, 5.74) is 5.62. The number of aliphatic hydroxyl groups is 1. The predicted octanol–water partition coefficient (Wildman–Crippen LogP) is 1.22. The van der Waals surface area contributed by atoms with E-state index in [2.05, 4.69) is 5.92 Å². The van der Waals surface area contributed by atoms with Crippen molar-refractivity contribution in [3.63, 3.8) is 0 Å². The summed E-state index contributed by atoms with van der Waals surface area (Å²) in [4.78, 5) is 1.95. The molecule has 86 valence electrons. The van der Waals surface area contributed by atoms with Crippen LogP contribution in [0.1, 0.15) is 12.8 Å². The van der Waals surface area contributed by atoms with E-state index in [4.69, 9.17) is 22.7 Å². The molecule has 4 heteroatoms. The van der Waals surface area contributed by atoms with E-state index in [1.807, 2.05) is 4.90 Å². The van der Waals surface area contributed by atoms with E-state index >= 15 is 0 Å². The van der Waals surface area contributed by atoms with Crippen LogP contribution in [0, 0.1) is 23.7 Å². The lowest BCUT2D eigenvalue weighted by Gasteiger charge is -2.30. The fourth-order valence-corrected chi connectivity index (χ4v) is 1.61. The third-order valence-corrected chi connectivity index (χ3v) is 2.65. The van der Waals surface area contributed by atoms with Crippen LogP contribution in [-0.2, 0) is 0 Å². The Balaban J connectivity index is 2.46. The summed E-state index contributed by atoms with van der Waals surface area (Å²) in [5, 5.41) is 16.4. The Hall–Kier alpha value is -1.89. The fraction of sp³-hybridized carbons (Fsp3) is 0.417. The van der Waals surface area contributed by atoms with Gasteiger partial charge in [-0.05, 0) is 25.0 Å². The van der Waals surface area contributed by atoms with E-state index in [1.54, 1.807) is 6.08 Å². The third-order valence-electron chi connectivity index (χ3n) is 2.65. The van der Waals surface area contributed by atoms with Gasteiger partial charge in [-0.3, -0.25) is 5.41 Å². The SMILES string of the molecule is C#CC1CCN(C(=N)/C=C\C(N)=C\O)CC1. The molecule has 1 aliphatic rings. The Morgan fingerprint density at radius 2 is 2.06 bits per heavy atom. The molecule has 0 unspecified atom stereocenters. The Labute approximate surface area is 95.9 Å². The average molecular weight is 219 g/mol.